The van der Waals surface area contributed by atoms with Crippen molar-refractivity contribution in [3.8, 4) is 5.82 Å². The van der Waals surface area contributed by atoms with E-state index in [0.717, 1.165) is 38.8 Å². The molecule has 0 radical (unpaired) electrons. The number of alkyl halides is 2. The van der Waals surface area contributed by atoms with Crippen molar-refractivity contribution in [3.05, 3.63) is 48.8 Å². The molecule has 2 aliphatic rings. The molecule has 0 bridgehead atoms. The highest BCUT2D eigenvalue weighted by atomic mass is 19.3. The highest BCUT2D eigenvalue weighted by Gasteiger charge is 2.29. The number of nitrogens with zero attached hydrogens (tertiary/aromatic N) is 6. The number of morpholine rings is 1. The first-order chi connectivity index (χ1) is 20.4. The van der Waals surface area contributed by atoms with Crippen LogP contribution >= 0.6 is 0 Å². The zero-order valence-corrected chi connectivity index (χ0v) is 24.9. The molecular weight excluding hydrogens is 540 g/mol. The van der Waals surface area contributed by atoms with Gasteiger partial charge >= 0.3 is 0 Å². The summed E-state index contributed by atoms with van der Waals surface area (Å²) >= 11 is 0. The van der Waals surface area contributed by atoms with Gasteiger partial charge in [0.25, 0.3) is 6.43 Å². The third-order valence-electron chi connectivity index (χ3n) is 8.52. The van der Waals surface area contributed by atoms with E-state index in [2.05, 4.69) is 40.5 Å². The highest BCUT2D eigenvalue weighted by molar-refractivity contribution is 5.78. The Morgan fingerprint density at radius 2 is 1.93 bits per heavy atom. The third kappa shape index (κ3) is 6.74. The van der Waals surface area contributed by atoms with Crippen molar-refractivity contribution in [1.82, 2.24) is 24.4 Å². The van der Waals surface area contributed by atoms with E-state index in [1.165, 1.54) is 4.57 Å². The molecule has 2 aromatic heterocycles. The minimum atomic E-state index is -2.75. The largest absolute Gasteiger partial charge is 0.383 e. The monoisotopic (exact) mass is 583 g/mol. The topological polar surface area (TPSA) is 80.6 Å². The number of benzene rings is 1. The Hall–Kier alpha value is -3.15. The van der Waals surface area contributed by atoms with Gasteiger partial charge in [0.1, 0.15) is 11.6 Å². The van der Waals surface area contributed by atoms with Gasteiger partial charge in [0, 0.05) is 44.9 Å². The number of rotatable bonds is 12. The number of fused-ring (bicyclic) bond motifs is 1. The van der Waals surface area contributed by atoms with E-state index < -0.39 is 6.43 Å². The summed E-state index contributed by atoms with van der Waals surface area (Å²) in [7, 11) is 1.75. The molecule has 0 amide bonds. The summed E-state index contributed by atoms with van der Waals surface area (Å²) in [6.07, 6.45) is 3.59. The molecule has 228 valence electrons. The molecule has 1 aromatic carbocycles. The van der Waals surface area contributed by atoms with Crippen molar-refractivity contribution in [3.63, 3.8) is 0 Å². The van der Waals surface area contributed by atoms with Gasteiger partial charge in [-0.25, -0.2) is 13.8 Å². The number of nitrogens with one attached hydrogen (secondary N) is 1. The van der Waals surface area contributed by atoms with Crippen molar-refractivity contribution < 1.29 is 18.3 Å². The average Bonchev–Trinajstić information content (AvgIpc) is 3.40. The van der Waals surface area contributed by atoms with Crippen LogP contribution in [-0.2, 0) is 9.47 Å². The predicted octanol–water partition coefficient (Wildman–Crippen LogP) is 5.47. The Kier molecular flexibility index (Phi) is 10.0. The summed E-state index contributed by atoms with van der Waals surface area (Å²) in [6, 6.07) is 9.87. The Labute approximate surface area is 246 Å². The van der Waals surface area contributed by atoms with Crippen molar-refractivity contribution in [2.45, 2.75) is 64.1 Å². The number of aromatic nitrogens is 4. The number of imidazole rings is 1. The van der Waals surface area contributed by atoms with Crippen LogP contribution in [0.25, 0.3) is 16.9 Å². The van der Waals surface area contributed by atoms with Gasteiger partial charge in [-0.15, -0.1) is 6.58 Å². The number of anilines is 2. The normalized spacial score (nSPS) is 22.2. The van der Waals surface area contributed by atoms with Gasteiger partial charge < -0.3 is 19.7 Å². The van der Waals surface area contributed by atoms with E-state index in [1.807, 2.05) is 12.1 Å². The van der Waals surface area contributed by atoms with E-state index in [-0.39, 0.29) is 11.9 Å². The SMILES string of the molecule is C=CCN(C(C)COC)C1CCC(CNc2nc(N3CCOC[C@@H]3C)cc(-n3c(C(F)F)nc4ccccc43)n2)CC1. The highest BCUT2D eigenvalue weighted by Crippen LogP contribution is 2.31. The van der Waals surface area contributed by atoms with Crippen molar-refractivity contribution in [2.75, 3.05) is 56.8 Å². The fourth-order valence-corrected chi connectivity index (χ4v) is 6.35. The Morgan fingerprint density at radius 1 is 1.17 bits per heavy atom. The smallest absolute Gasteiger partial charge is 0.296 e. The maximum Gasteiger partial charge on any atom is 0.296 e. The second kappa shape index (κ2) is 13.9. The molecule has 42 heavy (non-hydrogen) atoms. The number of para-hydroxylation sites is 2. The van der Waals surface area contributed by atoms with Gasteiger partial charge in [-0.05, 0) is 57.6 Å². The number of halogens is 2. The molecule has 11 heteroatoms. The number of ether oxygens (including phenoxy) is 2. The molecular formula is C31H43F2N7O2. The van der Waals surface area contributed by atoms with Crippen LogP contribution < -0.4 is 10.2 Å². The van der Waals surface area contributed by atoms with Crippen LogP contribution in [0.5, 0.6) is 0 Å². The number of hydrogen-bond donors (Lipinski definition) is 1. The maximum atomic E-state index is 14.2. The van der Waals surface area contributed by atoms with Gasteiger partial charge in [0.2, 0.25) is 5.95 Å². The van der Waals surface area contributed by atoms with E-state index in [9.17, 15) is 8.78 Å². The zero-order chi connectivity index (χ0) is 29.6. The number of methoxy groups -OCH3 is 1. The van der Waals surface area contributed by atoms with Crippen molar-refractivity contribution in [2.24, 2.45) is 5.92 Å². The molecule has 1 unspecified atom stereocenters. The summed E-state index contributed by atoms with van der Waals surface area (Å²) < 4.78 is 40.9. The minimum Gasteiger partial charge on any atom is -0.383 e. The molecule has 1 aliphatic carbocycles. The molecule has 1 N–H and O–H groups in total. The second-order valence-electron chi connectivity index (χ2n) is 11.5. The molecule has 1 saturated heterocycles. The van der Waals surface area contributed by atoms with Gasteiger partial charge in [0.15, 0.2) is 5.82 Å². The van der Waals surface area contributed by atoms with Gasteiger partial charge in [0.05, 0.1) is 36.9 Å². The van der Waals surface area contributed by atoms with Gasteiger partial charge in [-0.2, -0.15) is 9.97 Å². The first kappa shape index (κ1) is 30.3. The fourth-order valence-electron chi connectivity index (χ4n) is 6.35. The van der Waals surface area contributed by atoms with E-state index >= 15 is 0 Å². The molecule has 1 aliphatic heterocycles. The molecule has 9 nitrogen and oxygen atoms in total. The molecule has 2 atom stereocenters. The maximum absolute atomic E-state index is 14.2. The summed E-state index contributed by atoms with van der Waals surface area (Å²) in [6.45, 7) is 12.3. The Bertz CT molecular complexity index is 1330. The predicted molar refractivity (Wildman–Crippen MR) is 162 cm³/mol. The summed E-state index contributed by atoms with van der Waals surface area (Å²) in [5.74, 6) is 1.64. The van der Waals surface area contributed by atoms with E-state index in [4.69, 9.17) is 19.4 Å². The lowest BCUT2D eigenvalue weighted by Gasteiger charge is -2.39. The lowest BCUT2D eigenvalue weighted by Crippen LogP contribution is -2.46. The van der Waals surface area contributed by atoms with Crippen LogP contribution in [0.2, 0.25) is 0 Å². The molecule has 0 spiro atoms. The van der Waals surface area contributed by atoms with Crippen LogP contribution in [0.1, 0.15) is 51.8 Å². The van der Waals surface area contributed by atoms with Crippen LogP contribution in [0.3, 0.4) is 0 Å². The second-order valence-corrected chi connectivity index (χ2v) is 11.5. The summed E-state index contributed by atoms with van der Waals surface area (Å²) in [5.41, 5.74) is 1.09. The van der Waals surface area contributed by atoms with Crippen LogP contribution in [0.4, 0.5) is 20.5 Å². The van der Waals surface area contributed by atoms with Crippen LogP contribution in [0.15, 0.2) is 43.0 Å². The molecule has 3 aromatic rings. The molecule has 3 heterocycles. The van der Waals surface area contributed by atoms with Crippen molar-refractivity contribution >= 4 is 22.8 Å². The first-order valence-corrected chi connectivity index (χ1v) is 15.0. The summed E-state index contributed by atoms with van der Waals surface area (Å²) in [4.78, 5) is 18.5. The zero-order valence-electron chi connectivity index (χ0n) is 24.9. The third-order valence-corrected chi connectivity index (χ3v) is 8.52. The Balaban J connectivity index is 1.37. The average molecular weight is 584 g/mol. The molecule has 5 rings (SSSR count). The lowest BCUT2D eigenvalue weighted by molar-refractivity contribution is 0.0583. The molecule has 2 fully saturated rings. The minimum absolute atomic E-state index is 0.0951. The van der Waals surface area contributed by atoms with Crippen LogP contribution in [-0.4, -0.2) is 89.1 Å². The Morgan fingerprint density at radius 3 is 2.64 bits per heavy atom. The lowest BCUT2D eigenvalue weighted by atomic mass is 9.84. The quantitative estimate of drug-likeness (QED) is 0.281. The first-order valence-electron chi connectivity index (χ1n) is 15.0. The molecule has 1 saturated carbocycles. The van der Waals surface area contributed by atoms with E-state index in [0.29, 0.717) is 73.0 Å². The van der Waals surface area contributed by atoms with Crippen LogP contribution in [0, 0.1) is 5.92 Å². The standard InChI is InChI=1S/C31H43F2N7O2/c1-5-14-38(21(2)19-41-4)24-12-10-23(11-13-24)18-34-31-36-27(39-15-16-42-20-22(39)3)17-28(37-31)40-26-9-7-6-8-25(26)35-30(40)29(32)33/h5-9,17,21-24,29H,1,10-16,18-20H2,2-4H3,(H,34,36,37)/t21?,22-,23?,24?/m0/s1. The van der Waals surface area contributed by atoms with Crippen molar-refractivity contribution in [1.29, 1.82) is 0 Å². The van der Waals surface area contributed by atoms with E-state index in [1.54, 1.807) is 31.4 Å². The van der Waals surface area contributed by atoms with Gasteiger partial charge in [-0.3, -0.25) is 9.47 Å². The fraction of sp³-hybridized carbons (Fsp3) is 0.581. The van der Waals surface area contributed by atoms with Gasteiger partial charge in [-0.1, -0.05) is 18.2 Å². The summed E-state index contributed by atoms with van der Waals surface area (Å²) in [5, 5.41) is 3.47. The number of hydrogen-bond acceptors (Lipinski definition) is 8.